The molecule has 19 heavy (non-hydrogen) atoms. The molecule has 7 heteroatoms. The highest BCUT2D eigenvalue weighted by Crippen LogP contribution is 2.17. The van der Waals surface area contributed by atoms with Crippen LogP contribution in [0.4, 0.5) is 10.3 Å². The Bertz CT molecular complexity index is 520. The van der Waals surface area contributed by atoms with Crippen LogP contribution in [0.1, 0.15) is 12.0 Å². The van der Waals surface area contributed by atoms with E-state index in [2.05, 4.69) is 15.5 Å². The minimum atomic E-state index is 0.469. The smallest absolute Gasteiger partial charge is 0.207 e. The molecule has 3 N–H and O–H groups in total. The summed E-state index contributed by atoms with van der Waals surface area (Å²) in [6.45, 7) is 1.40. The summed E-state index contributed by atoms with van der Waals surface area (Å²) in [5.41, 5.74) is 6.54. The van der Waals surface area contributed by atoms with Crippen molar-refractivity contribution < 1.29 is 4.74 Å². The summed E-state index contributed by atoms with van der Waals surface area (Å²) in [4.78, 5) is 0. The third-order valence-electron chi connectivity index (χ3n) is 2.36. The second-order valence-corrected chi connectivity index (χ2v) is 5.13. The summed E-state index contributed by atoms with van der Waals surface area (Å²) < 4.78 is 5.64. The number of anilines is 2. The summed E-state index contributed by atoms with van der Waals surface area (Å²) in [6.07, 6.45) is 0.866. The second kappa shape index (κ2) is 7.16. The van der Waals surface area contributed by atoms with Gasteiger partial charge < -0.3 is 15.8 Å². The van der Waals surface area contributed by atoms with Crippen molar-refractivity contribution in [1.82, 2.24) is 10.2 Å². The number of nitrogens with zero attached hydrogens (tertiary/aromatic N) is 2. The number of benzene rings is 1. The highest BCUT2D eigenvalue weighted by molar-refractivity contribution is 7.18. The van der Waals surface area contributed by atoms with Crippen LogP contribution in [0, 0.1) is 0 Å². The molecule has 0 amide bonds. The Hall–Kier alpha value is -1.53. The zero-order valence-corrected chi connectivity index (χ0v) is 11.9. The first-order valence-corrected chi connectivity index (χ1v) is 7.23. The van der Waals surface area contributed by atoms with Gasteiger partial charge in [0.05, 0.1) is 6.61 Å². The molecule has 0 unspecified atom stereocenters. The molecule has 0 fully saturated rings. The molecular weight excluding hydrogens is 284 g/mol. The molecule has 0 atom stereocenters. The molecule has 0 radical (unpaired) electrons. The third kappa shape index (κ3) is 4.57. The fourth-order valence-corrected chi connectivity index (χ4v) is 2.18. The molecule has 0 aliphatic rings. The van der Waals surface area contributed by atoms with Gasteiger partial charge in [0.1, 0.15) is 5.75 Å². The van der Waals surface area contributed by atoms with E-state index in [4.69, 9.17) is 22.1 Å². The fraction of sp³-hybridized carbons (Fsp3) is 0.333. The van der Waals surface area contributed by atoms with Crippen molar-refractivity contribution in [1.29, 1.82) is 0 Å². The molecule has 1 heterocycles. The van der Waals surface area contributed by atoms with Crippen LogP contribution in [-0.2, 0) is 5.88 Å². The van der Waals surface area contributed by atoms with E-state index < -0.39 is 0 Å². The van der Waals surface area contributed by atoms with E-state index in [1.54, 1.807) is 0 Å². The first-order valence-electron chi connectivity index (χ1n) is 5.88. The van der Waals surface area contributed by atoms with Crippen molar-refractivity contribution in [2.24, 2.45) is 0 Å². The van der Waals surface area contributed by atoms with Crippen molar-refractivity contribution in [3.63, 3.8) is 0 Å². The normalized spacial score (nSPS) is 10.4. The lowest BCUT2D eigenvalue weighted by atomic mass is 10.2. The minimum absolute atomic E-state index is 0.469. The van der Waals surface area contributed by atoms with Crippen LogP contribution >= 0.6 is 22.9 Å². The fourth-order valence-electron chi connectivity index (χ4n) is 1.48. The lowest BCUT2D eigenvalue weighted by molar-refractivity contribution is 0.315. The van der Waals surface area contributed by atoms with E-state index >= 15 is 0 Å². The number of ether oxygens (including phenoxy) is 1. The first kappa shape index (κ1) is 13.9. The Balaban J connectivity index is 1.66. The highest BCUT2D eigenvalue weighted by Gasteiger charge is 1.99. The monoisotopic (exact) mass is 298 g/mol. The zero-order valence-electron chi connectivity index (χ0n) is 10.3. The SMILES string of the molecule is Nc1nnc(NCCCOc2cccc(CCl)c2)s1. The van der Waals surface area contributed by atoms with Gasteiger partial charge in [-0.05, 0) is 24.1 Å². The minimum Gasteiger partial charge on any atom is -0.494 e. The Morgan fingerprint density at radius 3 is 3.00 bits per heavy atom. The average Bonchev–Trinajstić information content (AvgIpc) is 2.84. The number of rotatable bonds is 7. The van der Waals surface area contributed by atoms with Gasteiger partial charge in [0.25, 0.3) is 0 Å². The van der Waals surface area contributed by atoms with Gasteiger partial charge in [0.15, 0.2) is 0 Å². The Kier molecular flexibility index (Phi) is 5.23. The molecule has 0 saturated heterocycles. The van der Waals surface area contributed by atoms with Crippen molar-refractivity contribution in [3.05, 3.63) is 29.8 Å². The predicted molar refractivity (Wildman–Crippen MR) is 78.9 cm³/mol. The average molecular weight is 299 g/mol. The molecule has 0 aliphatic heterocycles. The molecule has 1 aromatic carbocycles. The topological polar surface area (TPSA) is 73.1 Å². The molecular formula is C12H15ClN4OS. The largest absolute Gasteiger partial charge is 0.494 e. The molecule has 2 rings (SSSR count). The molecule has 0 saturated carbocycles. The van der Waals surface area contributed by atoms with Crippen LogP contribution in [-0.4, -0.2) is 23.3 Å². The van der Waals surface area contributed by atoms with Gasteiger partial charge in [0, 0.05) is 12.4 Å². The van der Waals surface area contributed by atoms with Gasteiger partial charge in [-0.25, -0.2) is 0 Å². The molecule has 2 aromatic rings. The van der Waals surface area contributed by atoms with Gasteiger partial charge in [-0.15, -0.1) is 21.8 Å². The molecule has 5 nitrogen and oxygen atoms in total. The first-order chi connectivity index (χ1) is 9.28. The van der Waals surface area contributed by atoms with Crippen LogP contribution in [0.25, 0.3) is 0 Å². The Morgan fingerprint density at radius 2 is 2.26 bits per heavy atom. The second-order valence-electron chi connectivity index (χ2n) is 3.86. The highest BCUT2D eigenvalue weighted by atomic mass is 35.5. The van der Waals surface area contributed by atoms with Crippen molar-refractivity contribution in [2.75, 3.05) is 24.2 Å². The summed E-state index contributed by atoms with van der Waals surface area (Å²) in [5, 5.41) is 11.9. The van der Waals surface area contributed by atoms with E-state index in [1.165, 1.54) is 11.3 Å². The van der Waals surface area contributed by atoms with Crippen LogP contribution in [0.15, 0.2) is 24.3 Å². The maximum absolute atomic E-state index is 5.76. The zero-order chi connectivity index (χ0) is 13.5. The van der Waals surface area contributed by atoms with Crippen molar-refractivity contribution in [2.45, 2.75) is 12.3 Å². The van der Waals surface area contributed by atoms with E-state index in [0.29, 0.717) is 17.6 Å². The van der Waals surface area contributed by atoms with E-state index in [9.17, 15) is 0 Å². The number of nitrogens with one attached hydrogen (secondary N) is 1. The van der Waals surface area contributed by atoms with E-state index in [0.717, 1.165) is 29.4 Å². The predicted octanol–water partition coefficient (Wildman–Crippen LogP) is 2.74. The number of alkyl halides is 1. The quantitative estimate of drug-likeness (QED) is 0.607. The Labute approximate surface area is 120 Å². The Morgan fingerprint density at radius 1 is 1.37 bits per heavy atom. The van der Waals surface area contributed by atoms with Crippen LogP contribution in [0.5, 0.6) is 5.75 Å². The third-order valence-corrected chi connectivity index (χ3v) is 3.38. The molecule has 0 bridgehead atoms. The van der Waals surface area contributed by atoms with Gasteiger partial charge >= 0.3 is 0 Å². The molecule has 0 spiro atoms. The molecule has 0 aliphatic carbocycles. The van der Waals surface area contributed by atoms with Crippen LogP contribution in [0.2, 0.25) is 0 Å². The van der Waals surface area contributed by atoms with Crippen LogP contribution in [0.3, 0.4) is 0 Å². The number of nitrogens with two attached hydrogens (primary N) is 1. The van der Waals surface area contributed by atoms with E-state index in [1.807, 2.05) is 24.3 Å². The van der Waals surface area contributed by atoms with Gasteiger partial charge in [-0.3, -0.25) is 0 Å². The summed E-state index contributed by atoms with van der Waals surface area (Å²) >= 11 is 7.10. The molecule has 1 aromatic heterocycles. The number of halogens is 1. The van der Waals surface area contributed by atoms with Crippen LogP contribution < -0.4 is 15.8 Å². The van der Waals surface area contributed by atoms with Crippen molar-refractivity contribution >= 4 is 33.2 Å². The summed E-state index contributed by atoms with van der Waals surface area (Å²) in [6, 6.07) is 7.79. The van der Waals surface area contributed by atoms with E-state index in [-0.39, 0.29) is 0 Å². The van der Waals surface area contributed by atoms with Gasteiger partial charge in [-0.1, -0.05) is 23.5 Å². The summed E-state index contributed by atoms with van der Waals surface area (Å²) in [7, 11) is 0. The molecule has 102 valence electrons. The number of aromatic nitrogens is 2. The van der Waals surface area contributed by atoms with Crippen molar-refractivity contribution in [3.8, 4) is 5.75 Å². The summed E-state index contributed by atoms with van der Waals surface area (Å²) in [5.74, 6) is 1.34. The standard InChI is InChI=1S/C12H15ClN4OS/c13-8-9-3-1-4-10(7-9)18-6-2-5-15-12-17-16-11(14)19-12/h1,3-4,7H,2,5-6,8H2,(H2,14,16)(H,15,17). The van der Waals surface area contributed by atoms with Gasteiger partial charge in [0.2, 0.25) is 10.3 Å². The maximum atomic E-state index is 5.76. The lowest BCUT2D eigenvalue weighted by Gasteiger charge is -2.07. The van der Waals surface area contributed by atoms with Gasteiger partial charge in [-0.2, -0.15) is 0 Å². The number of hydrogen-bond donors (Lipinski definition) is 2. The maximum Gasteiger partial charge on any atom is 0.207 e. The lowest BCUT2D eigenvalue weighted by Crippen LogP contribution is -2.07. The number of nitrogen functional groups attached to an aromatic ring is 1. The number of hydrogen-bond acceptors (Lipinski definition) is 6.